The molecule has 2 nitrogen and oxygen atoms in total. The van der Waals surface area contributed by atoms with Crippen LogP contribution in [0.2, 0.25) is 0 Å². The smallest absolute Gasteiger partial charge is 0.136 e. The van der Waals surface area contributed by atoms with Crippen LogP contribution in [0.25, 0.3) is 72.1 Å². The van der Waals surface area contributed by atoms with Gasteiger partial charge in [-0.2, -0.15) is 0 Å². The first-order valence-electron chi connectivity index (χ1n) is 18.4. The fourth-order valence-corrected chi connectivity index (χ4v) is 7.21. The van der Waals surface area contributed by atoms with Crippen molar-refractivity contribution >= 4 is 33.9 Å². The molecule has 0 N–H and O–H groups in total. The van der Waals surface area contributed by atoms with E-state index in [1.165, 1.54) is 38.9 Å². The number of furan rings is 1. The Bertz CT molecular complexity index is 2690. The molecule has 0 saturated heterocycles. The van der Waals surface area contributed by atoms with Crippen LogP contribution in [-0.2, 0) is 6.42 Å². The van der Waals surface area contributed by atoms with Crippen LogP contribution in [0.15, 0.2) is 216 Å². The highest BCUT2D eigenvalue weighted by atomic mass is 16.3. The van der Waals surface area contributed by atoms with Crippen LogP contribution in [0, 0.1) is 0 Å². The van der Waals surface area contributed by atoms with Gasteiger partial charge >= 0.3 is 0 Å². The van der Waals surface area contributed by atoms with Gasteiger partial charge < -0.3 is 4.42 Å². The van der Waals surface area contributed by atoms with Gasteiger partial charge in [-0.15, -0.1) is 0 Å². The quantitative estimate of drug-likeness (QED) is 0.138. The third-order valence-corrected chi connectivity index (χ3v) is 10.0. The molecule has 54 heavy (non-hydrogen) atoms. The van der Waals surface area contributed by atoms with E-state index >= 15 is 0 Å². The molecule has 0 atom stereocenters. The number of allylic oxidation sites excluding steroid dienone is 1. The lowest BCUT2D eigenvalue weighted by molar-refractivity contribution is 0.669. The number of hydrogen-bond acceptors (Lipinski definition) is 2. The van der Waals surface area contributed by atoms with Gasteiger partial charge in [0, 0.05) is 22.6 Å². The Kier molecular flexibility index (Phi) is 9.07. The van der Waals surface area contributed by atoms with Gasteiger partial charge in [-0.1, -0.05) is 170 Å². The summed E-state index contributed by atoms with van der Waals surface area (Å²) < 4.78 is 6.38. The zero-order chi connectivity index (χ0) is 36.1. The summed E-state index contributed by atoms with van der Waals surface area (Å²) in [6, 6.07) is 70.6. The molecule has 9 rings (SSSR count). The number of fused-ring (bicyclic) bond motifs is 3. The molecule has 1 heterocycles. The molecule has 0 unspecified atom stereocenters. The molecule has 0 saturated carbocycles. The largest absolute Gasteiger partial charge is 0.456 e. The van der Waals surface area contributed by atoms with Gasteiger partial charge in [0.2, 0.25) is 0 Å². The van der Waals surface area contributed by atoms with Gasteiger partial charge in [0.25, 0.3) is 0 Å². The zero-order valence-electron chi connectivity index (χ0n) is 29.8. The normalized spacial score (nSPS) is 11.8. The third kappa shape index (κ3) is 6.93. The maximum Gasteiger partial charge on any atom is 0.136 e. The second kappa shape index (κ2) is 14.9. The molecule has 0 aliphatic carbocycles. The minimum Gasteiger partial charge on any atom is -0.456 e. The third-order valence-electron chi connectivity index (χ3n) is 10.0. The lowest BCUT2D eigenvalue weighted by Crippen LogP contribution is -1.88. The Morgan fingerprint density at radius 3 is 1.56 bits per heavy atom. The number of nitrogens with zero attached hydrogens (tertiary/aromatic N) is 1. The average Bonchev–Trinajstić information content (AvgIpc) is 3.64. The molecule has 1 aromatic heterocycles. The minimum absolute atomic E-state index is 0.802. The van der Waals surface area contributed by atoms with E-state index in [4.69, 9.17) is 9.41 Å². The van der Waals surface area contributed by atoms with Crippen molar-refractivity contribution in [2.45, 2.75) is 6.42 Å². The highest BCUT2D eigenvalue weighted by Crippen LogP contribution is 2.37. The van der Waals surface area contributed by atoms with Crippen molar-refractivity contribution < 1.29 is 4.42 Å². The molecular weight excluding hydrogens is 655 g/mol. The van der Waals surface area contributed by atoms with Gasteiger partial charge in [0.05, 0.1) is 5.70 Å². The van der Waals surface area contributed by atoms with Crippen LogP contribution in [0.3, 0.4) is 0 Å². The van der Waals surface area contributed by atoms with E-state index in [0.29, 0.717) is 0 Å². The summed E-state index contributed by atoms with van der Waals surface area (Å²) in [5.41, 5.74) is 15.5. The van der Waals surface area contributed by atoms with E-state index in [-0.39, 0.29) is 0 Å². The van der Waals surface area contributed by atoms with Crippen LogP contribution < -0.4 is 0 Å². The minimum atomic E-state index is 0.802. The van der Waals surface area contributed by atoms with Crippen molar-refractivity contribution in [3.8, 4) is 44.5 Å². The lowest BCUT2D eigenvalue weighted by atomic mass is 9.92. The fourth-order valence-electron chi connectivity index (χ4n) is 7.21. The summed E-state index contributed by atoms with van der Waals surface area (Å²) in [5, 5.41) is 2.14. The second-order valence-electron chi connectivity index (χ2n) is 13.5. The van der Waals surface area contributed by atoms with Gasteiger partial charge in [0.1, 0.15) is 11.2 Å². The molecule has 0 bridgehead atoms. The van der Waals surface area contributed by atoms with Crippen molar-refractivity contribution in [2.24, 2.45) is 4.99 Å². The SMILES string of the molecule is C(=N/C(=C\Cc1ccccc1)c1ccccc1)c1cccc2oc3ccc(-c4ccc(-c5cc(-c6ccccc6)cc(-c6ccccc6)c5)cc4)cc3c12. The Balaban J connectivity index is 1.06. The van der Waals surface area contributed by atoms with Crippen LogP contribution in [0.4, 0.5) is 0 Å². The summed E-state index contributed by atoms with van der Waals surface area (Å²) >= 11 is 0. The molecule has 0 amide bonds. The standard InChI is InChI=1S/C52H37NO/c1-5-14-37(15-6-1)24-30-49(42-20-11-4-12-21-42)53-36-44-22-13-23-51-52(44)48-35-43(29-31-50(48)54-51)40-25-27-41(28-26-40)47-33-45(38-16-7-2-8-17-38)32-46(34-47)39-18-9-3-10-19-39/h1-23,25-36H,24H2/b49-30-,53-36?. The van der Waals surface area contributed by atoms with Gasteiger partial charge in [-0.05, 0) is 98.5 Å². The van der Waals surface area contributed by atoms with Crippen LogP contribution in [-0.4, -0.2) is 6.21 Å². The molecule has 0 spiro atoms. The molecule has 9 aromatic rings. The average molecular weight is 692 g/mol. The highest BCUT2D eigenvalue weighted by Gasteiger charge is 2.13. The van der Waals surface area contributed by atoms with E-state index in [1.807, 2.05) is 30.5 Å². The van der Waals surface area contributed by atoms with Crippen LogP contribution >= 0.6 is 0 Å². The van der Waals surface area contributed by atoms with Crippen LogP contribution in [0.1, 0.15) is 16.7 Å². The summed E-state index contributed by atoms with van der Waals surface area (Å²) in [7, 11) is 0. The highest BCUT2D eigenvalue weighted by molar-refractivity contribution is 6.14. The van der Waals surface area contributed by atoms with Gasteiger partial charge in [-0.25, -0.2) is 0 Å². The molecule has 2 heteroatoms. The lowest BCUT2D eigenvalue weighted by Gasteiger charge is -2.12. The molecule has 8 aromatic carbocycles. The Labute approximate surface area is 316 Å². The van der Waals surface area contributed by atoms with Crippen molar-refractivity contribution in [3.63, 3.8) is 0 Å². The number of hydrogen-bond donors (Lipinski definition) is 0. The number of benzene rings is 8. The molecule has 0 aliphatic rings. The van der Waals surface area contributed by atoms with Gasteiger partial charge in [0.15, 0.2) is 0 Å². The Hall–Kier alpha value is -7.03. The fraction of sp³-hybridized carbons (Fsp3) is 0.0192. The number of rotatable bonds is 9. The van der Waals surface area contributed by atoms with E-state index < -0.39 is 0 Å². The molecule has 256 valence electrons. The molecule has 0 radical (unpaired) electrons. The van der Waals surface area contributed by atoms with E-state index in [0.717, 1.165) is 56.3 Å². The van der Waals surface area contributed by atoms with Gasteiger partial charge in [-0.3, -0.25) is 4.99 Å². The summed E-state index contributed by atoms with van der Waals surface area (Å²) in [4.78, 5) is 5.08. The topological polar surface area (TPSA) is 25.5 Å². The van der Waals surface area contributed by atoms with Crippen molar-refractivity contribution in [1.29, 1.82) is 0 Å². The van der Waals surface area contributed by atoms with Crippen molar-refractivity contribution in [1.82, 2.24) is 0 Å². The Morgan fingerprint density at radius 2 is 0.944 bits per heavy atom. The van der Waals surface area contributed by atoms with E-state index in [9.17, 15) is 0 Å². The predicted octanol–water partition coefficient (Wildman–Crippen LogP) is 14.0. The zero-order valence-corrected chi connectivity index (χ0v) is 29.8. The van der Waals surface area contributed by atoms with Crippen molar-refractivity contribution in [2.75, 3.05) is 0 Å². The molecule has 0 fully saturated rings. The van der Waals surface area contributed by atoms with Crippen molar-refractivity contribution in [3.05, 3.63) is 223 Å². The maximum absolute atomic E-state index is 6.38. The maximum atomic E-state index is 6.38. The molecule has 0 aliphatic heterocycles. The molecular formula is C52H37NO. The van der Waals surface area contributed by atoms with E-state index in [2.05, 4.69) is 182 Å². The summed E-state index contributed by atoms with van der Waals surface area (Å²) in [6.07, 6.45) is 4.99. The predicted molar refractivity (Wildman–Crippen MR) is 228 cm³/mol. The monoisotopic (exact) mass is 691 g/mol. The first kappa shape index (κ1) is 32.8. The first-order valence-corrected chi connectivity index (χ1v) is 18.4. The second-order valence-corrected chi connectivity index (χ2v) is 13.5. The first-order chi connectivity index (χ1) is 26.7. The number of aliphatic imine (C=N–C) groups is 1. The Morgan fingerprint density at radius 1 is 0.426 bits per heavy atom. The summed E-state index contributed by atoms with van der Waals surface area (Å²) in [5.74, 6) is 0. The summed E-state index contributed by atoms with van der Waals surface area (Å²) in [6.45, 7) is 0. The van der Waals surface area contributed by atoms with E-state index in [1.54, 1.807) is 0 Å². The van der Waals surface area contributed by atoms with Crippen LogP contribution in [0.5, 0.6) is 0 Å².